The van der Waals surface area contributed by atoms with Gasteiger partial charge in [0.25, 0.3) is 0 Å². The molecule has 1 aliphatic heterocycles. The van der Waals surface area contributed by atoms with Gasteiger partial charge in [-0.1, -0.05) is 0 Å². The molecule has 0 bridgehead atoms. The van der Waals surface area contributed by atoms with Crippen molar-refractivity contribution in [2.75, 3.05) is 26.2 Å². The van der Waals surface area contributed by atoms with Gasteiger partial charge < -0.3 is 10.2 Å². The van der Waals surface area contributed by atoms with Gasteiger partial charge in [-0.15, -0.1) is 0 Å². The van der Waals surface area contributed by atoms with Gasteiger partial charge in [0.05, 0.1) is 12.5 Å². The second-order valence-electron chi connectivity index (χ2n) is 4.30. The van der Waals surface area contributed by atoms with Crippen molar-refractivity contribution in [2.45, 2.75) is 25.9 Å². The molecule has 1 aliphatic rings. The number of hydrogen-bond donors (Lipinski definition) is 1. The van der Waals surface area contributed by atoms with Crippen LogP contribution in [0.2, 0.25) is 0 Å². The Morgan fingerprint density at radius 1 is 1.56 bits per heavy atom. The Kier molecular flexibility index (Phi) is 4.57. The van der Waals surface area contributed by atoms with Gasteiger partial charge in [0, 0.05) is 19.6 Å². The highest BCUT2D eigenvalue weighted by Crippen LogP contribution is 2.44. The van der Waals surface area contributed by atoms with E-state index < -0.39 is 17.5 Å². The highest BCUT2D eigenvalue weighted by Gasteiger charge is 2.62. The number of carbonyl (C=O) groups excluding carboxylic acids is 1. The average molecular weight is 263 g/mol. The van der Waals surface area contributed by atoms with E-state index in [0.717, 1.165) is 4.90 Å². The zero-order valence-electron chi connectivity index (χ0n) is 10.2. The molecule has 102 valence electrons. The molecule has 7 heteroatoms. The van der Waals surface area contributed by atoms with Crippen molar-refractivity contribution in [3.05, 3.63) is 0 Å². The molecule has 0 aromatic rings. The molecule has 0 aliphatic carbocycles. The molecule has 1 heterocycles. The summed E-state index contributed by atoms with van der Waals surface area (Å²) in [7, 11) is 0. The largest absolute Gasteiger partial charge is 0.404 e. The molecule has 0 aromatic carbocycles. The zero-order valence-corrected chi connectivity index (χ0v) is 10.2. The van der Waals surface area contributed by atoms with Crippen LogP contribution in [-0.4, -0.2) is 43.2 Å². The summed E-state index contributed by atoms with van der Waals surface area (Å²) >= 11 is 0. The van der Waals surface area contributed by atoms with E-state index in [-0.39, 0.29) is 39.0 Å². The number of nitrogens with one attached hydrogen (secondary N) is 1. The molecule has 1 atom stereocenters. The van der Waals surface area contributed by atoms with Gasteiger partial charge in [-0.2, -0.15) is 18.4 Å². The van der Waals surface area contributed by atoms with Gasteiger partial charge in [-0.25, -0.2) is 0 Å². The first kappa shape index (κ1) is 14.8. The highest BCUT2D eigenvalue weighted by atomic mass is 19.4. The molecule has 1 rings (SSSR count). The van der Waals surface area contributed by atoms with Gasteiger partial charge in [-0.3, -0.25) is 4.79 Å². The third-order valence-corrected chi connectivity index (χ3v) is 3.27. The van der Waals surface area contributed by atoms with Gasteiger partial charge in [-0.05, 0) is 19.9 Å². The first-order valence-corrected chi connectivity index (χ1v) is 5.83. The Morgan fingerprint density at radius 3 is 2.61 bits per heavy atom. The van der Waals surface area contributed by atoms with Crippen LogP contribution in [0.5, 0.6) is 0 Å². The number of rotatable bonds is 4. The molecule has 1 fully saturated rings. The van der Waals surface area contributed by atoms with E-state index in [9.17, 15) is 18.0 Å². The maximum absolute atomic E-state index is 13.1. The van der Waals surface area contributed by atoms with Crippen LogP contribution in [0.25, 0.3) is 0 Å². The lowest BCUT2D eigenvalue weighted by atomic mass is 9.84. The monoisotopic (exact) mass is 263 g/mol. The van der Waals surface area contributed by atoms with E-state index in [4.69, 9.17) is 5.26 Å². The quantitative estimate of drug-likeness (QED) is 0.831. The minimum absolute atomic E-state index is 0.0426. The summed E-state index contributed by atoms with van der Waals surface area (Å²) < 4.78 is 39.4. The smallest absolute Gasteiger partial charge is 0.341 e. The maximum atomic E-state index is 13.1. The van der Waals surface area contributed by atoms with Crippen LogP contribution >= 0.6 is 0 Å². The minimum atomic E-state index is -4.56. The fourth-order valence-electron chi connectivity index (χ4n) is 2.13. The number of halogens is 3. The first-order valence-electron chi connectivity index (χ1n) is 5.83. The summed E-state index contributed by atoms with van der Waals surface area (Å²) in [6, 6.07) is 1.84. The Morgan fingerprint density at radius 2 is 2.22 bits per heavy atom. The van der Waals surface area contributed by atoms with Crippen molar-refractivity contribution in [1.29, 1.82) is 5.26 Å². The van der Waals surface area contributed by atoms with E-state index in [1.807, 2.05) is 6.07 Å². The van der Waals surface area contributed by atoms with Gasteiger partial charge in [0.1, 0.15) is 0 Å². The lowest BCUT2D eigenvalue weighted by Crippen LogP contribution is -2.53. The van der Waals surface area contributed by atoms with E-state index >= 15 is 0 Å². The lowest BCUT2D eigenvalue weighted by Gasteiger charge is -2.34. The molecule has 4 nitrogen and oxygen atoms in total. The third kappa shape index (κ3) is 2.58. The molecule has 0 radical (unpaired) electrons. The van der Waals surface area contributed by atoms with Crippen molar-refractivity contribution < 1.29 is 18.0 Å². The third-order valence-electron chi connectivity index (χ3n) is 3.27. The van der Waals surface area contributed by atoms with Crippen LogP contribution in [0.1, 0.15) is 19.8 Å². The molecule has 0 aromatic heterocycles. The van der Waals surface area contributed by atoms with Gasteiger partial charge in [0.2, 0.25) is 5.91 Å². The van der Waals surface area contributed by atoms with E-state index in [0.29, 0.717) is 0 Å². The van der Waals surface area contributed by atoms with Crippen LogP contribution in [0, 0.1) is 16.7 Å². The van der Waals surface area contributed by atoms with Gasteiger partial charge >= 0.3 is 6.18 Å². The second-order valence-corrected chi connectivity index (χ2v) is 4.30. The summed E-state index contributed by atoms with van der Waals surface area (Å²) in [5.41, 5.74) is -2.32. The Balaban J connectivity index is 2.93. The molecule has 1 saturated heterocycles. The highest BCUT2D eigenvalue weighted by molar-refractivity contribution is 5.84. The number of carbonyl (C=O) groups is 1. The molecular formula is C11H16F3N3O. The Bertz CT molecular complexity index is 342. The predicted octanol–water partition coefficient (Wildman–Crippen LogP) is 1.29. The van der Waals surface area contributed by atoms with Crippen molar-refractivity contribution in [2.24, 2.45) is 5.41 Å². The predicted molar refractivity (Wildman–Crippen MR) is 58.5 cm³/mol. The minimum Gasteiger partial charge on any atom is -0.341 e. The standard InChI is InChI=1S/C11H16F3N3O/c1-2-17(7-3-5-15)9(18)10(11(12,13)14)4-6-16-8-10/h16H,2-4,6-8H2,1H3. The van der Waals surface area contributed by atoms with Crippen LogP contribution in [-0.2, 0) is 4.79 Å². The number of amides is 1. The van der Waals surface area contributed by atoms with Crippen molar-refractivity contribution in [3.8, 4) is 6.07 Å². The normalized spacial score (nSPS) is 23.7. The summed E-state index contributed by atoms with van der Waals surface area (Å²) in [6.07, 6.45) is -4.76. The molecule has 18 heavy (non-hydrogen) atoms. The number of alkyl halides is 3. The lowest BCUT2D eigenvalue weighted by molar-refractivity contribution is -0.221. The zero-order chi connectivity index (χ0) is 13.8. The van der Waals surface area contributed by atoms with E-state index in [1.165, 1.54) is 0 Å². The van der Waals surface area contributed by atoms with Crippen molar-refractivity contribution >= 4 is 5.91 Å². The average Bonchev–Trinajstić information content (AvgIpc) is 2.79. The fraction of sp³-hybridized carbons (Fsp3) is 0.818. The van der Waals surface area contributed by atoms with E-state index in [2.05, 4.69) is 5.32 Å². The second kappa shape index (κ2) is 5.57. The summed E-state index contributed by atoms with van der Waals surface area (Å²) in [5.74, 6) is -0.919. The molecular weight excluding hydrogens is 247 g/mol. The number of nitrogens with zero attached hydrogens (tertiary/aromatic N) is 2. The maximum Gasteiger partial charge on any atom is 0.404 e. The summed E-state index contributed by atoms with van der Waals surface area (Å²) in [5, 5.41) is 11.1. The van der Waals surface area contributed by atoms with Crippen molar-refractivity contribution in [3.63, 3.8) is 0 Å². The Labute approximate surface area is 104 Å². The number of nitriles is 1. The molecule has 0 spiro atoms. The number of hydrogen-bond acceptors (Lipinski definition) is 3. The van der Waals surface area contributed by atoms with Crippen LogP contribution < -0.4 is 5.32 Å². The fourth-order valence-corrected chi connectivity index (χ4v) is 2.13. The summed E-state index contributed by atoms with van der Waals surface area (Å²) in [4.78, 5) is 13.2. The van der Waals surface area contributed by atoms with Crippen LogP contribution in [0.15, 0.2) is 0 Å². The topological polar surface area (TPSA) is 56.1 Å². The molecule has 1 amide bonds. The van der Waals surface area contributed by atoms with E-state index in [1.54, 1.807) is 6.92 Å². The molecule has 0 saturated carbocycles. The molecule has 1 N–H and O–H groups in total. The first-order chi connectivity index (χ1) is 8.39. The SMILES string of the molecule is CCN(CCC#N)C(=O)C1(C(F)(F)F)CCNC1. The Hall–Kier alpha value is -1.29. The van der Waals surface area contributed by atoms with Gasteiger partial charge in [0.15, 0.2) is 5.41 Å². The molecule has 1 unspecified atom stereocenters. The van der Waals surface area contributed by atoms with Crippen molar-refractivity contribution in [1.82, 2.24) is 10.2 Å². The van der Waals surface area contributed by atoms with Crippen LogP contribution in [0.4, 0.5) is 13.2 Å². The summed E-state index contributed by atoms with van der Waals surface area (Å²) in [6.45, 7) is 1.64. The van der Waals surface area contributed by atoms with Crippen LogP contribution in [0.3, 0.4) is 0 Å².